The van der Waals surface area contributed by atoms with Crippen LogP contribution in [0.15, 0.2) is 30.5 Å². The molecule has 0 aliphatic heterocycles. The molecule has 2 rings (SSSR count). The van der Waals surface area contributed by atoms with E-state index >= 15 is 0 Å². The standard InChI is InChI=1S/C12H11F3N2O2/c1-17-6-10(11(7-18)16-17)8-2-4-9(5-3-8)19-12(13,14)15/h2-6,18H,7H2,1H3. The first kappa shape index (κ1) is 13.4. The summed E-state index contributed by atoms with van der Waals surface area (Å²) < 4.78 is 41.4. The highest BCUT2D eigenvalue weighted by atomic mass is 19.4. The van der Waals surface area contributed by atoms with Crippen molar-refractivity contribution in [2.24, 2.45) is 7.05 Å². The molecule has 0 amide bonds. The molecule has 1 N–H and O–H groups in total. The first-order chi connectivity index (χ1) is 8.89. The number of ether oxygens (including phenoxy) is 1. The molecule has 2 aromatic rings. The van der Waals surface area contributed by atoms with Gasteiger partial charge in [-0.1, -0.05) is 12.1 Å². The van der Waals surface area contributed by atoms with Crippen molar-refractivity contribution in [3.63, 3.8) is 0 Å². The quantitative estimate of drug-likeness (QED) is 0.933. The van der Waals surface area contributed by atoms with Crippen LogP contribution in [0.4, 0.5) is 13.2 Å². The molecule has 7 heteroatoms. The van der Waals surface area contributed by atoms with Gasteiger partial charge in [-0.15, -0.1) is 13.2 Å². The lowest BCUT2D eigenvalue weighted by atomic mass is 10.1. The van der Waals surface area contributed by atoms with Gasteiger partial charge in [0.05, 0.1) is 12.3 Å². The second-order valence-corrected chi connectivity index (χ2v) is 3.89. The molecular weight excluding hydrogens is 261 g/mol. The Morgan fingerprint density at radius 3 is 2.42 bits per heavy atom. The molecule has 0 atom stereocenters. The van der Waals surface area contributed by atoms with Crippen LogP contribution >= 0.6 is 0 Å². The lowest BCUT2D eigenvalue weighted by molar-refractivity contribution is -0.274. The largest absolute Gasteiger partial charge is 0.573 e. The van der Waals surface area contributed by atoms with Crippen LogP contribution in [-0.4, -0.2) is 21.2 Å². The number of halogens is 3. The maximum absolute atomic E-state index is 12.0. The van der Waals surface area contributed by atoms with Crippen molar-refractivity contribution in [1.29, 1.82) is 0 Å². The minimum Gasteiger partial charge on any atom is -0.406 e. The zero-order valence-electron chi connectivity index (χ0n) is 9.98. The van der Waals surface area contributed by atoms with Crippen LogP contribution in [0.2, 0.25) is 0 Å². The Bertz CT molecular complexity index is 561. The van der Waals surface area contributed by atoms with Crippen molar-refractivity contribution in [3.8, 4) is 16.9 Å². The van der Waals surface area contributed by atoms with Gasteiger partial charge in [0.15, 0.2) is 0 Å². The van der Waals surface area contributed by atoms with E-state index in [0.29, 0.717) is 16.8 Å². The van der Waals surface area contributed by atoms with E-state index in [1.165, 1.54) is 28.9 Å². The number of hydrogen-bond donors (Lipinski definition) is 1. The number of aliphatic hydroxyl groups is 1. The molecule has 0 radical (unpaired) electrons. The molecule has 0 fully saturated rings. The Morgan fingerprint density at radius 1 is 1.26 bits per heavy atom. The zero-order chi connectivity index (χ0) is 14.0. The molecule has 0 saturated carbocycles. The molecule has 4 nitrogen and oxygen atoms in total. The van der Waals surface area contributed by atoms with Crippen molar-refractivity contribution >= 4 is 0 Å². The van der Waals surface area contributed by atoms with Crippen LogP contribution in [0.1, 0.15) is 5.69 Å². The Labute approximate surface area is 107 Å². The molecule has 0 spiro atoms. The first-order valence-corrected chi connectivity index (χ1v) is 5.38. The summed E-state index contributed by atoms with van der Waals surface area (Å²) in [5.74, 6) is -0.286. The fourth-order valence-electron chi connectivity index (χ4n) is 1.73. The lowest BCUT2D eigenvalue weighted by Crippen LogP contribution is -2.16. The SMILES string of the molecule is Cn1cc(-c2ccc(OC(F)(F)F)cc2)c(CO)n1. The van der Waals surface area contributed by atoms with Crippen molar-refractivity contribution < 1.29 is 23.0 Å². The van der Waals surface area contributed by atoms with E-state index in [0.717, 1.165) is 0 Å². The highest BCUT2D eigenvalue weighted by Crippen LogP contribution is 2.27. The Morgan fingerprint density at radius 2 is 1.89 bits per heavy atom. The fourth-order valence-corrected chi connectivity index (χ4v) is 1.73. The highest BCUT2D eigenvalue weighted by Gasteiger charge is 2.31. The molecular formula is C12H11F3N2O2. The number of alkyl halides is 3. The van der Waals surface area contributed by atoms with Gasteiger partial charge in [0.25, 0.3) is 0 Å². The Hall–Kier alpha value is -2.02. The molecule has 0 saturated heterocycles. The van der Waals surface area contributed by atoms with E-state index in [1.54, 1.807) is 13.2 Å². The van der Waals surface area contributed by atoms with E-state index in [-0.39, 0.29) is 12.4 Å². The van der Waals surface area contributed by atoms with Gasteiger partial charge in [0.2, 0.25) is 0 Å². The third kappa shape index (κ3) is 3.25. The van der Waals surface area contributed by atoms with Crippen molar-refractivity contribution in [1.82, 2.24) is 9.78 Å². The van der Waals surface area contributed by atoms with Crippen LogP contribution in [-0.2, 0) is 13.7 Å². The Balaban J connectivity index is 2.27. The van der Waals surface area contributed by atoms with Gasteiger partial charge in [-0.05, 0) is 17.7 Å². The molecule has 1 aromatic carbocycles. The number of hydrogen-bond acceptors (Lipinski definition) is 3. The molecule has 0 aliphatic carbocycles. The summed E-state index contributed by atoms with van der Waals surface area (Å²) in [5, 5.41) is 13.2. The number of nitrogens with zero attached hydrogens (tertiary/aromatic N) is 2. The van der Waals surface area contributed by atoms with Crippen LogP contribution in [0.25, 0.3) is 11.1 Å². The van der Waals surface area contributed by atoms with E-state index in [1.807, 2.05) is 0 Å². The molecule has 19 heavy (non-hydrogen) atoms. The van der Waals surface area contributed by atoms with Gasteiger partial charge in [-0.3, -0.25) is 4.68 Å². The van der Waals surface area contributed by atoms with Crippen molar-refractivity contribution in [2.45, 2.75) is 13.0 Å². The summed E-state index contributed by atoms with van der Waals surface area (Å²) in [6, 6.07) is 5.41. The molecule has 0 aliphatic rings. The second kappa shape index (κ2) is 4.93. The van der Waals surface area contributed by atoms with Crippen LogP contribution in [0.5, 0.6) is 5.75 Å². The minimum absolute atomic E-state index is 0.239. The first-order valence-electron chi connectivity index (χ1n) is 5.38. The average molecular weight is 272 g/mol. The number of aryl methyl sites for hydroxylation is 1. The Kier molecular flexibility index (Phi) is 3.48. The second-order valence-electron chi connectivity index (χ2n) is 3.89. The number of aromatic nitrogens is 2. The maximum Gasteiger partial charge on any atom is 0.573 e. The van der Waals surface area contributed by atoms with Gasteiger partial charge in [-0.25, -0.2) is 0 Å². The van der Waals surface area contributed by atoms with E-state index in [4.69, 9.17) is 5.11 Å². The van der Waals surface area contributed by atoms with Gasteiger partial charge < -0.3 is 9.84 Å². The summed E-state index contributed by atoms with van der Waals surface area (Å²) in [6.07, 6.45) is -3.02. The minimum atomic E-state index is -4.70. The number of benzene rings is 1. The zero-order valence-corrected chi connectivity index (χ0v) is 9.98. The summed E-state index contributed by atoms with van der Waals surface area (Å²) in [5.41, 5.74) is 1.79. The normalized spacial score (nSPS) is 11.6. The third-order valence-corrected chi connectivity index (χ3v) is 2.45. The average Bonchev–Trinajstić information content (AvgIpc) is 2.69. The van der Waals surface area contributed by atoms with E-state index in [9.17, 15) is 13.2 Å². The highest BCUT2D eigenvalue weighted by molar-refractivity contribution is 5.65. The molecule has 0 unspecified atom stereocenters. The van der Waals surface area contributed by atoms with Crippen LogP contribution < -0.4 is 4.74 Å². The fraction of sp³-hybridized carbons (Fsp3) is 0.250. The molecule has 102 valence electrons. The van der Waals surface area contributed by atoms with Gasteiger partial charge in [0.1, 0.15) is 5.75 Å². The molecule has 1 heterocycles. The summed E-state index contributed by atoms with van der Waals surface area (Å²) in [6.45, 7) is -0.239. The monoisotopic (exact) mass is 272 g/mol. The van der Waals surface area contributed by atoms with Gasteiger partial charge in [0, 0.05) is 18.8 Å². The number of rotatable bonds is 3. The maximum atomic E-state index is 12.0. The van der Waals surface area contributed by atoms with Gasteiger partial charge >= 0.3 is 6.36 Å². The smallest absolute Gasteiger partial charge is 0.406 e. The third-order valence-electron chi connectivity index (χ3n) is 2.45. The summed E-state index contributed by atoms with van der Waals surface area (Å²) >= 11 is 0. The lowest BCUT2D eigenvalue weighted by Gasteiger charge is -2.09. The predicted octanol–water partition coefficient (Wildman–Crippen LogP) is 2.48. The van der Waals surface area contributed by atoms with Gasteiger partial charge in [-0.2, -0.15) is 5.10 Å². The molecule has 0 bridgehead atoms. The van der Waals surface area contributed by atoms with Crippen LogP contribution in [0, 0.1) is 0 Å². The molecule has 1 aromatic heterocycles. The number of aliphatic hydroxyl groups excluding tert-OH is 1. The topological polar surface area (TPSA) is 47.3 Å². The van der Waals surface area contributed by atoms with E-state index < -0.39 is 6.36 Å². The van der Waals surface area contributed by atoms with Crippen molar-refractivity contribution in [2.75, 3.05) is 0 Å². The van der Waals surface area contributed by atoms with Crippen LogP contribution in [0.3, 0.4) is 0 Å². The van der Waals surface area contributed by atoms with E-state index in [2.05, 4.69) is 9.84 Å². The summed E-state index contributed by atoms with van der Waals surface area (Å²) in [4.78, 5) is 0. The predicted molar refractivity (Wildman–Crippen MR) is 61.2 cm³/mol. The van der Waals surface area contributed by atoms with Crippen molar-refractivity contribution in [3.05, 3.63) is 36.2 Å². The summed E-state index contributed by atoms with van der Waals surface area (Å²) in [7, 11) is 1.70.